The van der Waals surface area contributed by atoms with Gasteiger partial charge < -0.3 is 15.2 Å². The van der Waals surface area contributed by atoms with Gasteiger partial charge in [0, 0.05) is 5.02 Å². The minimum absolute atomic E-state index is 0.397. The number of halogens is 2. The Morgan fingerprint density at radius 1 is 1.18 bits per heavy atom. The third-order valence-corrected chi connectivity index (χ3v) is 3.54. The molecule has 0 heterocycles. The lowest BCUT2D eigenvalue weighted by molar-refractivity contribution is -0.142. The lowest BCUT2D eigenvalue weighted by Gasteiger charge is -2.11. The fraction of sp³-hybridized carbons (Fsp3) is 0.188. The van der Waals surface area contributed by atoms with Crippen molar-refractivity contribution in [2.75, 3.05) is 7.11 Å². The first kappa shape index (κ1) is 16.6. The summed E-state index contributed by atoms with van der Waals surface area (Å²) in [7, 11) is 1.31. The van der Waals surface area contributed by atoms with E-state index < -0.39 is 12.0 Å². The summed E-state index contributed by atoms with van der Waals surface area (Å²) in [4.78, 5) is 11.3. The maximum absolute atomic E-state index is 11.3. The number of carbonyl (C=O) groups excluding carboxylic acids is 1. The Hall–Kier alpha value is -1.75. The van der Waals surface area contributed by atoms with Crippen molar-refractivity contribution in [2.24, 2.45) is 5.73 Å². The largest absolute Gasteiger partial charge is 0.468 e. The van der Waals surface area contributed by atoms with Crippen LogP contribution in [0.15, 0.2) is 42.5 Å². The maximum atomic E-state index is 11.3. The van der Waals surface area contributed by atoms with Gasteiger partial charge in [-0.3, -0.25) is 4.79 Å². The molecule has 22 heavy (non-hydrogen) atoms. The molecule has 0 spiro atoms. The molecule has 0 fully saturated rings. The van der Waals surface area contributed by atoms with E-state index in [1.165, 1.54) is 7.11 Å². The second kappa shape index (κ2) is 7.49. The number of hydrogen-bond donors (Lipinski definition) is 1. The number of esters is 1. The van der Waals surface area contributed by atoms with Crippen molar-refractivity contribution in [2.45, 2.75) is 12.5 Å². The molecule has 2 aromatic rings. The minimum atomic E-state index is -0.678. The molecule has 2 rings (SSSR count). The summed E-state index contributed by atoms with van der Waals surface area (Å²) >= 11 is 11.9. The first-order chi connectivity index (χ1) is 10.5. The van der Waals surface area contributed by atoms with Crippen LogP contribution in [-0.2, 0) is 16.0 Å². The average Bonchev–Trinajstić information content (AvgIpc) is 2.51. The van der Waals surface area contributed by atoms with Gasteiger partial charge in [-0.05, 0) is 42.3 Å². The number of methoxy groups -OCH3 is 1. The lowest BCUT2D eigenvalue weighted by atomic mass is 10.1. The summed E-state index contributed by atoms with van der Waals surface area (Å²) in [6.45, 7) is 0. The monoisotopic (exact) mass is 339 g/mol. The zero-order chi connectivity index (χ0) is 16.1. The van der Waals surface area contributed by atoms with Crippen molar-refractivity contribution in [1.29, 1.82) is 0 Å². The molecular weight excluding hydrogens is 325 g/mol. The standard InChI is InChI=1S/C16H15Cl2NO3/c1-21-16(20)14(19)8-10-2-5-12(6-3-10)22-15-7-4-11(17)9-13(15)18/h2-7,9,14H,8,19H2,1H3. The molecule has 1 atom stereocenters. The van der Waals surface area contributed by atoms with Crippen LogP contribution in [0.2, 0.25) is 10.0 Å². The summed E-state index contributed by atoms with van der Waals surface area (Å²) in [5, 5.41) is 0.980. The van der Waals surface area contributed by atoms with Crippen LogP contribution in [0.5, 0.6) is 11.5 Å². The third kappa shape index (κ3) is 4.37. The van der Waals surface area contributed by atoms with Crippen LogP contribution in [-0.4, -0.2) is 19.1 Å². The number of hydrogen-bond acceptors (Lipinski definition) is 4. The van der Waals surface area contributed by atoms with E-state index in [1.54, 1.807) is 30.3 Å². The summed E-state index contributed by atoms with van der Waals surface area (Å²) in [6, 6.07) is 11.6. The van der Waals surface area contributed by atoms with Gasteiger partial charge in [0.05, 0.1) is 12.1 Å². The Labute approximate surface area is 138 Å². The molecular formula is C16H15Cl2NO3. The molecule has 6 heteroatoms. The quantitative estimate of drug-likeness (QED) is 0.841. The van der Waals surface area contributed by atoms with Crippen molar-refractivity contribution in [3.63, 3.8) is 0 Å². The molecule has 2 aromatic carbocycles. The Balaban J connectivity index is 2.04. The SMILES string of the molecule is COC(=O)C(N)Cc1ccc(Oc2ccc(Cl)cc2Cl)cc1. The highest BCUT2D eigenvalue weighted by Gasteiger charge is 2.14. The van der Waals surface area contributed by atoms with E-state index in [4.69, 9.17) is 33.7 Å². The molecule has 1 unspecified atom stereocenters. The molecule has 116 valence electrons. The summed E-state index contributed by atoms with van der Waals surface area (Å²) in [5.74, 6) is 0.706. The highest BCUT2D eigenvalue weighted by atomic mass is 35.5. The van der Waals surface area contributed by atoms with E-state index in [9.17, 15) is 4.79 Å². The van der Waals surface area contributed by atoms with Crippen LogP contribution in [0.4, 0.5) is 0 Å². The molecule has 0 aliphatic heterocycles. The molecule has 0 aliphatic rings. The van der Waals surface area contributed by atoms with E-state index in [1.807, 2.05) is 12.1 Å². The summed E-state index contributed by atoms with van der Waals surface area (Å²) in [6.07, 6.45) is 0.397. The number of benzene rings is 2. The van der Waals surface area contributed by atoms with Crippen molar-refractivity contribution in [1.82, 2.24) is 0 Å². The summed E-state index contributed by atoms with van der Waals surface area (Å²) in [5.41, 5.74) is 6.63. The molecule has 0 radical (unpaired) electrons. The van der Waals surface area contributed by atoms with Gasteiger partial charge in [0.2, 0.25) is 0 Å². The Morgan fingerprint density at radius 2 is 1.86 bits per heavy atom. The molecule has 4 nitrogen and oxygen atoms in total. The van der Waals surface area contributed by atoms with Gasteiger partial charge in [0.15, 0.2) is 0 Å². The minimum Gasteiger partial charge on any atom is -0.468 e. The van der Waals surface area contributed by atoms with Gasteiger partial charge >= 0.3 is 5.97 Å². The first-order valence-electron chi connectivity index (χ1n) is 6.55. The second-order valence-corrected chi connectivity index (χ2v) is 5.50. The van der Waals surface area contributed by atoms with Crippen molar-refractivity contribution in [3.05, 3.63) is 58.1 Å². The van der Waals surface area contributed by atoms with E-state index in [0.29, 0.717) is 28.0 Å². The summed E-state index contributed by atoms with van der Waals surface area (Å²) < 4.78 is 10.3. The normalized spacial score (nSPS) is 11.8. The highest BCUT2D eigenvalue weighted by molar-refractivity contribution is 6.35. The molecule has 0 saturated carbocycles. The van der Waals surface area contributed by atoms with E-state index in [-0.39, 0.29) is 0 Å². The Bertz CT molecular complexity index is 659. The van der Waals surface area contributed by atoms with E-state index in [0.717, 1.165) is 5.56 Å². The zero-order valence-corrected chi connectivity index (χ0v) is 13.4. The van der Waals surface area contributed by atoms with Crippen LogP contribution >= 0.6 is 23.2 Å². The maximum Gasteiger partial charge on any atom is 0.322 e. The van der Waals surface area contributed by atoms with E-state index >= 15 is 0 Å². The van der Waals surface area contributed by atoms with Crippen molar-refractivity contribution < 1.29 is 14.3 Å². The number of ether oxygens (including phenoxy) is 2. The number of carbonyl (C=O) groups is 1. The third-order valence-electron chi connectivity index (χ3n) is 3.00. The van der Waals surface area contributed by atoms with Crippen molar-refractivity contribution >= 4 is 29.2 Å². The lowest BCUT2D eigenvalue weighted by Crippen LogP contribution is -2.33. The van der Waals surface area contributed by atoms with Crippen LogP contribution in [0.25, 0.3) is 0 Å². The number of nitrogens with two attached hydrogens (primary N) is 1. The topological polar surface area (TPSA) is 61.5 Å². The predicted octanol–water partition coefficient (Wildman–Crippen LogP) is 3.83. The average molecular weight is 340 g/mol. The molecule has 0 bridgehead atoms. The number of rotatable bonds is 5. The zero-order valence-electron chi connectivity index (χ0n) is 11.9. The van der Waals surface area contributed by atoms with Crippen molar-refractivity contribution in [3.8, 4) is 11.5 Å². The molecule has 0 aliphatic carbocycles. The Morgan fingerprint density at radius 3 is 2.45 bits per heavy atom. The van der Waals surface area contributed by atoms with Crippen LogP contribution in [0, 0.1) is 0 Å². The van der Waals surface area contributed by atoms with Crippen LogP contribution < -0.4 is 10.5 Å². The van der Waals surface area contributed by atoms with Gasteiger partial charge in [-0.15, -0.1) is 0 Å². The molecule has 0 amide bonds. The van der Waals surface area contributed by atoms with Gasteiger partial charge in [-0.2, -0.15) is 0 Å². The fourth-order valence-corrected chi connectivity index (χ4v) is 2.31. The van der Waals surface area contributed by atoms with E-state index in [2.05, 4.69) is 4.74 Å². The molecule has 0 saturated heterocycles. The molecule has 0 aromatic heterocycles. The van der Waals surface area contributed by atoms with Gasteiger partial charge in [0.25, 0.3) is 0 Å². The second-order valence-electron chi connectivity index (χ2n) is 4.65. The van der Waals surface area contributed by atoms with Gasteiger partial charge in [-0.1, -0.05) is 35.3 Å². The highest BCUT2D eigenvalue weighted by Crippen LogP contribution is 2.31. The van der Waals surface area contributed by atoms with Crippen LogP contribution in [0.3, 0.4) is 0 Å². The Kier molecular flexibility index (Phi) is 5.66. The molecule has 2 N–H and O–H groups in total. The first-order valence-corrected chi connectivity index (χ1v) is 7.30. The van der Waals surface area contributed by atoms with Gasteiger partial charge in [0.1, 0.15) is 17.5 Å². The predicted molar refractivity (Wildman–Crippen MR) is 86.7 cm³/mol. The van der Waals surface area contributed by atoms with Gasteiger partial charge in [-0.25, -0.2) is 0 Å². The van der Waals surface area contributed by atoms with Crippen LogP contribution in [0.1, 0.15) is 5.56 Å². The smallest absolute Gasteiger partial charge is 0.322 e. The fourth-order valence-electron chi connectivity index (χ4n) is 1.87.